The van der Waals surface area contributed by atoms with Crippen molar-refractivity contribution in [1.29, 1.82) is 0 Å². The summed E-state index contributed by atoms with van der Waals surface area (Å²) >= 11 is 0. The van der Waals surface area contributed by atoms with Crippen LogP contribution in [0.15, 0.2) is 0 Å². The summed E-state index contributed by atoms with van der Waals surface area (Å²) in [6.45, 7) is 3.56. The molecular weight excluding hydrogens is 254 g/mol. The van der Waals surface area contributed by atoms with E-state index in [-0.39, 0.29) is 0 Å². The van der Waals surface area contributed by atoms with E-state index in [1.807, 2.05) is 0 Å². The number of rotatable bonds is 14. The predicted molar refractivity (Wildman–Crippen MR) is 96.0 cm³/mol. The van der Waals surface area contributed by atoms with Crippen LogP contribution < -0.4 is 5.32 Å². The second kappa shape index (κ2) is 14.9. The predicted octanol–water partition coefficient (Wildman–Crippen LogP) is 6.61. The largest absolute Gasteiger partial charge is 0.314 e. The molecule has 0 saturated carbocycles. The standard InChI is InChI=1S/C20H41N/c1-2-3-4-5-6-7-8-9-10-11-12-13-14-17-20-18-15-16-19-21-20/h20-21H,2-19H2,1H3/t20-/m0/s1. The molecule has 1 rings (SSSR count). The fourth-order valence-corrected chi connectivity index (χ4v) is 3.58. The van der Waals surface area contributed by atoms with E-state index >= 15 is 0 Å². The number of nitrogens with one attached hydrogen (secondary N) is 1. The second-order valence-corrected chi connectivity index (χ2v) is 7.18. The normalized spacial score (nSPS) is 19.0. The Labute approximate surface area is 134 Å². The molecule has 0 aromatic carbocycles. The maximum atomic E-state index is 3.66. The third kappa shape index (κ3) is 12.2. The van der Waals surface area contributed by atoms with Crippen molar-refractivity contribution in [3.05, 3.63) is 0 Å². The van der Waals surface area contributed by atoms with Crippen LogP contribution in [-0.2, 0) is 0 Å². The Kier molecular flexibility index (Phi) is 13.5. The first kappa shape index (κ1) is 19.0. The van der Waals surface area contributed by atoms with Gasteiger partial charge in [0.25, 0.3) is 0 Å². The number of piperidine rings is 1. The van der Waals surface area contributed by atoms with Crippen LogP contribution in [0.1, 0.15) is 116 Å². The van der Waals surface area contributed by atoms with Crippen molar-refractivity contribution in [2.75, 3.05) is 6.54 Å². The van der Waals surface area contributed by atoms with Gasteiger partial charge in [-0.15, -0.1) is 0 Å². The summed E-state index contributed by atoms with van der Waals surface area (Å²) < 4.78 is 0. The summed E-state index contributed by atoms with van der Waals surface area (Å²) in [4.78, 5) is 0. The molecule has 0 unspecified atom stereocenters. The fourth-order valence-electron chi connectivity index (χ4n) is 3.58. The molecule has 1 heterocycles. The lowest BCUT2D eigenvalue weighted by molar-refractivity contribution is 0.370. The van der Waals surface area contributed by atoms with E-state index in [2.05, 4.69) is 12.2 Å². The van der Waals surface area contributed by atoms with E-state index in [0.717, 1.165) is 6.04 Å². The van der Waals surface area contributed by atoms with Crippen LogP contribution in [0.5, 0.6) is 0 Å². The molecule has 1 atom stereocenters. The molecule has 126 valence electrons. The van der Waals surface area contributed by atoms with Gasteiger partial charge in [-0.3, -0.25) is 0 Å². The lowest BCUT2D eigenvalue weighted by atomic mass is 9.98. The van der Waals surface area contributed by atoms with Gasteiger partial charge in [0.2, 0.25) is 0 Å². The van der Waals surface area contributed by atoms with Crippen molar-refractivity contribution in [3.8, 4) is 0 Å². The van der Waals surface area contributed by atoms with Crippen LogP contribution in [0, 0.1) is 0 Å². The molecule has 21 heavy (non-hydrogen) atoms. The SMILES string of the molecule is CCCCCCCCCCCCCCC[C@H]1CCCCN1. The van der Waals surface area contributed by atoms with E-state index < -0.39 is 0 Å². The van der Waals surface area contributed by atoms with E-state index in [9.17, 15) is 0 Å². The Morgan fingerprint density at radius 3 is 1.67 bits per heavy atom. The smallest absolute Gasteiger partial charge is 0.00670 e. The van der Waals surface area contributed by atoms with E-state index in [0.29, 0.717) is 0 Å². The lowest BCUT2D eigenvalue weighted by Gasteiger charge is -2.23. The fraction of sp³-hybridized carbons (Fsp3) is 1.00. The molecule has 0 aromatic rings. The van der Waals surface area contributed by atoms with Crippen molar-refractivity contribution in [3.63, 3.8) is 0 Å². The highest BCUT2D eigenvalue weighted by Gasteiger charge is 2.11. The van der Waals surface area contributed by atoms with Crippen LogP contribution >= 0.6 is 0 Å². The van der Waals surface area contributed by atoms with E-state index in [1.165, 1.54) is 116 Å². The van der Waals surface area contributed by atoms with Gasteiger partial charge in [0.1, 0.15) is 0 Å². The lowest BCUT2D eigenvalue weighted by Crippen LogP contribution is -2.33. The average Bonchev–Trinajstić information content (AvgIpc) is 2.53. The van der Waals surface area contributed by atoms with Crippen LogP contribution in [0.4, 0.5) is 0 Å². The molecule has 0 radical (unpaired) electrons. The maximum absolute atomic E-state index is 3.66. The highest BCUT2D eigenvalue weighted by molar-refractivity contribution is 4.71. The molecule has 1 heteroatoms. The quantitative estimate of drug-likeness (QED) is 0.355. The summed E-state index contributed by atoms with van der Waals surface area (Å²) in [5, 5.41) is 3.66. The molecule has 0 aliphatic carbocycles. The molecule has 1 N–H and O–H groups in total. The van der Waals surface area contributed by atoms with Gasteiger partial charge in [0, 0.05) is 6.04 Å². The van der Waals surface area contributed by atoms with Gasteiger partial charge < -0.3 is 5.32 Å². The van der Waals surface area contributed by atoms with Gasteiger partial charge in [-0.2, -0.15) is 0 Å². The zero-order chi connectivity index (χ0) is 15.0. The van der Waals surface area contributed by atoms with Gasteiger partial charge in [-0.05, 0) is 25.8 Å². The van der Waals surface area contributed by atoms with Gasteiger partial charge in [0.05, 0.1) is 0 Å². The Morgan fingerprint density at radius 1 is 0.667 bits per heavy atom. The second-order valence-electron chi connectivity index (χ2n) is 7.18. The Hall–Kier alpha value is -0.0400. The first-order chi connectivity index (χ1) is 10.4. The summed E-state index contributed by atoms with van der Waals surface area (Å²) in [6, 6.07) is 0.853. The monoisotopic (exact) mass is 295 g/mol. The Balaban J connectivity index is 1.69. The highest BCUT2D eigenvalue weighted by Crippen LogP contribution is 2.16. The van der Waals surface area contributed by atoms with Crippen LogP contribution in [0.2, 0.25) is 0 Å². The summed E-state index contributed by atoms with van der Waals surface area (Å²) in [7, 11) is 0. The van der Waals surface area contributed by atoms with Crippen molar-refractivity contribution in [2.45, 2.75) is 122 Å². The van der Waals surface area contributed by atoms with Crippen molar-refractivity contribution < 1.29 is 0 Å². The van der Waals surface area contributed by atoms with Crippen LogP contribution in [0.25, 0.3) is 0 Å². The van der Waals surface area contributed by atoms with Gasteiger partial charge in [0.15, 0.2) is 0 Å². The van der Waals surface area contributed by atoms with Crippen LogP contribution in [-0.4, -0.2) is 12.6 Å². The molecule has 0 aromatic heterocycles. The molecule has 0 spiro atoms. The zero-order valence-corrected chi connectivity index (χ0v) is 14.8. The topological polar surface area (TPSA) is 12.0 Å². The summed E-state index contributed by atoms with van der Waals surface area (Å²) in [5.74, 6) is 0. The van der Waals surface area contributed by atoms with Gasteiger partial charge in [-0.1, -0.05) is 96.8 Å². The first-order valence-electron chi connectivity index (χ1n) is 10.2. The van der Waals surface area contributed by atoms with Gasteiger partial charge in [-0.25, -0.2) is 0 Å². The van der Waals surface area contributed by atoms with E-state index in [1.54, 1.807) is 0 Å². The minimum Gasteiger partial charge on any atom is -0.314 e. The van der Waals surface area contributed by atoms with Crippen molar-refractivity contribution >= 4 is 0 Å². The zero-order valence-electron chi connectivity index (χ0n) is 14.8. The third-order valence-electron chi connectivity index (χ3n) is 5.07. The first-order valence-corrected chi connectivity index (χ1v) is 10.2. The van der Waals surface area contributed by atoms with E-state index in [4.69, 9.17) is 0 Å². The Bertz CT molecular complexity index is 196. The number of hydrogen-bond acceptors (Lipinski definition) is 1. The van der Waals surface area contributed by atoms with Crippen LogP contribution in [0.3, 0.4) is 0 Å². The average molecular weight is 296 g/mol. The molecule has 1 fully saturated rings. The molecule has 0 amide bonds. The van der Waals surface area contributed by atoms with Gasteiger partial charge >= 0.3 is 0 Å². The summed E-state index contributed by atoms with van der Waals surface area (Å²) in [6.07, 6.45) is 24.8. The molecular formula is C20H41N. The van der Waals surface area contributed by atoms with Crippen molar-refractivity contribution in [2.24, 2.45) is 0 Å². The molecule has 1 aliphatic rings. The molecule has 1 nitrogen and oxygen atoms in total. The molecule has 0 bridgehead atoms. The summed E-state index contributed by atoms with van der Waals surface area (Å²) in [5.41, 5.74) is 0. The molecule has 1 aliphatic heterocycles. The highest BCUT2D eigenvalue weighted by atomic mass is 14.9. The minimum absolute atomic E-state index is 0.853. The number of unbranched alkanes of at least 4 members (excludes halogenated alkanes) is 12. The molecule has 1 saturated heterocycles. The number of hydrogen-bond donors (Lipinski definition) is 1. The third-order valence-corrected chi connectivity index (χ3v) is 5.07. The maximum Gasteiger partial charge on any atom is 0.00670 e. The minimum atomic E-state index is 0.853. The Morgan fingerprint density at radius 2 is 1.19 bits per heavy atom. The van der Waals surface area contributed by atoms with Crippen molar-refractivity contribution in [1.82, 2.24) is 5.32 Å².